The summed E-state index contributed by atoms with van der Waals surface area (Å²) in [6.07, 6.45) is 7.65. The maximum atomic E-state index is 4.75. The van der Waals surface area contributed by atoms with Crippen molar-refractivity contribution in [3.8, 4) is 39.6 Å². The second-order valence-corrected chi connectivity index (χ2v) is 8.97. The quantitative estimate of drug-likeness (QED) is 0.272. The average Bonchev–Trinajstić information content (AvgIpc) is 3.38. The Hall–Kier alpha value is -4.24. The van der Waals surface area contributed by atoms with Gasteiger partial charge in [-0.05, 0) is 59.2 Å². The van der Waals surface area contributed by atoms with E-state index < -0.39 is 0 Å². The smallest absolute Gasteiger partial charge is 0.169 e. The largest absolute Gasteiger partial charge is 0.275 e. The molecule has 6 rings (SSSR count). The van der Waals surface area contributed by atoms with Gasteiger partial charge in [0.15, 0.2) is 11.6 Å². The number of allylic oxidation sites excluding steroid dienone is 1. The molecule has 0 aliphatic heterocycles. The van der Waals surface area contributed by atoms with Crippen molar-refractivity contribution in [1.29, 1.82) is 0 Å². The van der Waals surface area contributed by atoms with Gasteiger partial charge in [0, 0.05) is 16.8 Å². The molecule has 170 valence electrons. The summed E-state index contributed by atoms with van der Waals surface area (Å²) in [6, 6.07) is 34.4. The molecular formula is C32H27N3. The highest BCUT2D eigenvalue weighted by Crippen LogP contribution is 2.34. The molecule has 0 fully saturated rings. The third kappa shape index (κ3) is 4.00. The molecule has 0 N–H and O–H groups in total. The second-order valence-electron chi connectivity index (χ2n) is 8.97. The third-order valence-corrected chi connectivity index (χ3v) is 6.82. The van der Waals surface area contributed by atoms with E-state index in [0.717, 1.165) is 47.7 Å². The molecular weight excluding hydrogens is 426 g/mol. The number of aromatic nitrogens is 3. The fraction of sp³-hybridized carbons (Fsp3) is 0.125. The molecule has 0 radical (unpaired) electrons. The number of benzene rings is 4. The maximum Gasteiger partial charge on any atom is 0.169 e. The zero-order chi connectivity index (χ0) is 23.6. The number of hydrogen-bond donors (Lipinski definition) is 0. The van der Waals surface area contributed by atoms with E-state index in [9.17, 15) is 0 Å². The maximum absolute atomic E-state index is 4.75. The van der Waals surface area contributed by atoms with Crippen molar-refractivity contribution < 1.29 is 0 Å². The van der Waals surface area contributed by atoms with Gasteiger partial charge in [0.05, 0.1) is 0 Å². The lowest BCUT2D eigenvalue weighted by Crippen LogP contribution is -2.03. The van der Waals surface area contributed by atoms with Crippen LogP contribution in [0.5, 0.6) is 0 Å². The number of fused-ring (bicyclic) bond motifs is 1. The van der Waals surface area contributed by atoms with Gasteiger partial charge in [-0.3, -0.25) is 4.57 Å². The van der Waals surface area contributed by atoms with Crippen LogP contribution in [0.25, 0.3) is 45.7 Å². The molecule has 4 aromatic carbocycles. The third-order valence-electron chi connectivity index (χ3n) is 6.82. The fourth-order valence-electron chi connectivity index (χ4n) is 4.88. The predicted octanol–water partition coefficient (Wildman–Crippen LogP) is 7.79. The Bertz CT molecular complexity index is 1490. The molecule has 1 aromatic heterocycles. The average molecular weight is 454 g/mol. The van der Waals surface area contributed by atoms with E-state index in [1.807, 2.05) is 6.07 Å². The van der Waals surface area contributed by atoms with Crippen molar-refractivity contribution in [3.05, 3.63) is 120 Å². The van der Waals surface area contributed by atoms with Gasteiger partial charge in [0.25, 0.3) is 0 Å². The summed E-state index contributed by atoms with van der Waals surface area (Å²) in [4.78, 5) is 0. The van der Waals surface area contributed by atoms with Crippen LogP contribution in [-0.4, -0.2) is 14.8 Å². The van der Waals surface area contributed by atoms with Crippen molar-refractivity contribution >= 4 is 6.08 Å². The Morgan fingerprint density at radius 3 is 2.17 bits per heavy atom. The van der Waals surface area contributed by atoms with Crippen molar-refractivity contribution in [3.63, 3.8) is 0 Å². The highest BCUT2D eigenvalue weighted by molar-refractivity contribution is 5.77. The van der Waals surface area contributed by atoms with E-state index in [0.29, 0.717) is 0 Å². The van der Waals surface area contributed by atoms with Gasteiger partial charge in [-0.1, -0.05) is 104 Å². The van der Waals surface area contributed by atoms with Gasteiger partial charge < -0.3 is 0 Å². The molecule has 0 saturated carbocycles. The molecule has 5 aromatic rings. The molecule has 1 aliphatic rings. The Morgan fingerprint density at radius 1 is 0.686 bits per heavy atom. The number of rotatable bonds is 5. The highest BCUT2D eigenvalue weighted by Gasteiger charge is 2.20. The molecule has 3 nitrogen and oxygen atoms in total. The topological polar surface area (TPSA) is 30.7 Å². The molecule has 0 atom stereocenters. The summed E-state index contributed by atoms with van der Waals surface area (Å²) >= 11 is 0. The molecule has 0 unspecified atom stereocenters. The number of nitrogens with zero attached hydrogens (tertiary/aromatic N) is 3. The van der Waals surface area contributed by atoms with Crippen molar-refractivity contribution in [2.75, 3.05) is 0 Å². The first-order valence-corrected chi connectivity index (χ1v) is 12.3. The fourth-order valence-corrected chi connectivity index (χ4v) is 4.88. The van der Waals surface area contributed by atoms with E-state index in [1.54, 1.807) is 0 Å². The Kier molecular flexibility index (Phi) is 5.59. The van der Waals surface area contributed by atoms with Crippen LogP contribution in [0.2, 0.25) is 0 Å². The van der Waals surface area contributed by atoms with Crippen molar-refractivity contribution in [2.45, 2.75) is 26.2 Å². The van der Waals surface area contributed by atoms with Gasteiger partial charge in [0.1, 0.15) is 0 Å². The lowest BCUT2D eigenvalue weighted by atomic mass is 9.93. The van der Waals surface area contributed by atoms with Crippen LogP contribution in [0, 0.1) is 0 Å². The van der Waals surface area contributed by atoms with Gasteiger partial charge in [-0.15, -0.1) is 10.2 Å². The van der Waals surface area contributed by atoms with Crippen LogP contribution in [-0.2, 0) is 12.8 Å². The standard InChI is InChI=1S/C32H27N3/c1-2-23-15-21-28(22-16-23)35-31(27-19-17-25(18-20-27)24-9-4-3-5-10-24)33-34-32(35)30-14-8-12-26-11-6-7-13-29(26)30/h3-5,7-10,12-22H,2,6,11H2,1H3. The minimum Gasteiger partial charge on any atom is -0.275 e. The Morgan fingerprint density at radius 2 is 1.40 bits per heavy atom. The summed E-state index contributed by atoms with van der Waals surface area (Å²) in [6.45, 7) is 2.18. The van der Waals surface area contributed by atoms with Crippen LogP contribution in [0.3, 0.4) is 0 Å². The minimum absolute atomic E-state index is 0.848. The highest BCUT2D eigenvalue weighted by atomic mass is 15.3. The van der Waals surface area contributed by atoms with Crippen LogP contribution >= 0.6 is 0 Å². The molecule has 0 saturated heterocycles. The van der Waals surface area contributed by atoms with E-state index in [-0.39, 0.29) is 0 Å². The van der Waals surface area contributed by atoms with Gasteiger partial charge >= 0.3 is 0 Å². The lowest BCUT2D eigenvalue weighted by molar-refractivity contribution is 0.982. The molecule has 0 bridgehead atoms. The van der Waals surface area contributed by atoms with Crippen LogP contribution < -0.4 is 0 Å². The number of aryl methyl sites for hydroxylation is 2. The molecule has 3 heteroatoms. The molecule has 0 amide bonds. The van der Waals surface area contributed by atoms with Crippen LogP contribution in [0.4, 0.5) is 0 Å². The zero-order valence-electron chi connectivity index (χ0n) is 19.9. The van der Waals surface area contributed by atoms with E-state index in [2.05, 4.69) is 115 Å². The van der Waals surface area contributed by atoms with E-state index in [4.69, 9.17) is 10.2 Å². The first-order valence-electron chi connectivity index (χ1n) is 12.3. The Balaban J connectivity index is 1.51. The van der Waals surface area contributed by atoms with Crippen molar-refractivity contribution in [1.82, 2.24) is 14.8 Å². The first kappa shape index (κ1) is 21.3. The molecule has 0 spiro atoms. The summed E-state index contributed by atoms with van der Waals surface area (Å²) in [5, 5.41) is 9.47. The van der Waals surface area contributed by atoms with Crippen LogP contribution in [0.1, 0.15) is 30.0 Å². The summed E-state index contributed by atoms with van der Waals surface area (Å²) in [7, 11) is 0. The molecule has 1 aliphatic carbocycles. The monoisotopic (exact) mass is 453 g/mol. The van der Waals surface area contributed by atoms with Gasteiger partial charge in [-0.25, -0.2) is 0 Å². The normalized spacial score (nSPS) is 12.5. The van der Waals surface area contributed by atoms with E-state index >= 15 is 0 Å². The lowest BCUT2D eigenvalue weighted by Gasteiger charge is -2.16. The predicted molar refractivity (Wildman–Crippen MR) is 144 cm³/mol. The van der Waals surface area contributed by atoms with Gasteiger partial charge in [0.2, 0.25) is 0 Å². The minimum atomic E-state index is 0.848. The number of hydrogen-bond acceptors (Lipinski definition) is 2. The summed E-state index contributed by atoms with van der Waals surface area (Å²) in [5.41, 5.74) is 9.58. The van der Waals surface area contributed by atoms with E-state index in [1.165, 1.54) is 27.8 Å². The molecule has 35 heavy (non-hydrogen) atoms. The zero-order valence-corrected chi connectivity index (χ0v) is 19.9. The Labute approximate surface area is 206 Å². The van der Waals surface area contributed by atoms with Crippen LogP contribution in [0.15, 0.2) is 103 Å². The summed E-state index contributed by atoms with van der Waals surface area (Å²) in [5.74, 6) is 1.72. The van der Waals surface area contributed by atoms with Crippen molar-refractivity contribution in [2.24, 2.45) is 0 Å². The molecule has 1 heterocycles. The first-order chi connectivity index (χ1) is 17.3. The SMILES string of the molecule is CCc1ccc(-n2c(-c3ccc(-c4ccccc4)cc3)nnc2-c2cccc3c2C=CCC3)cc1. The summed E-state index contributed by atoms with van der Waals surface area (Å²) < 4.78 is 2.20. The van der Waals surface area contributed by atoms with Gasteiger partial charge in [-0.2, -0.15) is 0 Å². The second kappa shape index (κ2) is 9.19.